The van der Waals surface area contributed by atoms with Crippen molar-refractivity contribution in [3.05, 3.63) is 42.3 Å². The SMILES string of the molecule is Nc1cnc(-c2ccncn2)c(-c2cccs2)n1. The van der Waals surface area contributed by atoms with Crippen molar-refractivity contribution in [3.63, 3.8) is 0 Å². The van der Waals surface area contributed by atoms with Crippen LogP contribution in [0.25, 0.3) is 22.0 Å². The maximum Gasteiger partial charge on any atom is 0.142 e. The van der Waals surface area contributed by atoms with Gasteiger partial charge in [-0.2, -0.15) is 0 Å². The van der Waals surface area contributed by atoms with E-state index in [1.807, 2.05) is 17.5 Å². The van der Waals surface area contributed by atoms with Gasteiger partial charge in [-0.05, 0) is 17.5 Å². The highest BCUT2D eigenvalue weighted by molar-refractivity contribution is 7.13. The van der Waals surface area contributed by atoms with Crippen LogP contribution in [0.1, 0.15) is 0 Å². The third-order valence-corrected chi connectivity index (χ3v) is 3.25. The summed E-state index contributed by atoms with van der Waals surface area (Å²) in [7, 11) is 0. The van der Waals surface area contributed by atoms with Gasteiger partial charge in [-0.25, -0.2) is 19.9 Å². The lowest BCUT2D eigenvalue weighted by atomic mass is 10.2. The van der Waals surface area contributed by atoms with Crippen molar-refractivity contribution >= 4 is 17.2 Å². The van der Waals surface area contributed by atoms with Crippen LogP contribution in [0.2, 0.25) is 0 Å². The van der Waals surface area contributed by atoms with Crippen molar-refractivity contribution in [2.75, 3.05) is 5.73 Å². The summed E-state index contributed by atoms with van der Waals surface area (Å²) in [5, 5.41) is 1.99. The first-order valence-electron chi connectivity index (χ1n) is 5.27. The van der Waals surface area contributed by atoms with E-state index in [0.29, 0.717) is 11.5 Å². The minimum atomic E-state index is 0.399. The molecule has 5 nitrogen and oxygen atoms in total. The van der Waals surface area contributed by atoms with E-state index in [0.717, 1.165) is 16.3 Å². The first-order valence-corrected chi connectivity index (χ1v) is 6.15. The average Bonchev–Trinajstić information content (AvgIpc) is 2.93. The van der Waals surface area contributed by atoms with Crippen molar-refractivity contribution in [2.24, 2.45) is 0 Å². The molecule has 2 N–H and O–H groups in total. The maximum absolute atomic E-state index is 5.71. The summed E-state index contributed by atoms with van der Waals surface area (Å²) in [6.07, 6.45) is 4.71. The molecule has 0 radical (unpaired) electrons. The number of nitrogen functional groups attached to an aromatic ring is 1. The monoisotopic (exact) mass is 255 g/mol. The molecule has 0 aliphatic rings. The number of aromatic nitrogens is 4. The van der Waals surface area contributed by atoms with Gasteiger partial charge in [0, 0.05) is 6.20 Å². The van der Waals surface area contributed by atoms with Crippen LogP contribution in [0, 0.1) is 0 Å². The van der Waals surface area contributed by atoms with Gasteiger partial charge >= 0.3 is 0 Å². The number of thiophene rings is 1. The van der Waals surface area contributed by atoms with E-state index in [1.54, 1.807) is 23.6 Å². The molecule has 3 aromatic heterocycles. The van der Waals surface area contributed by atoms with Crippen LogP contribution in [0.4, 0.5) is 5.82 Å². The van der Waals surface area contributed by atoms with E-state index in [4.69, 9.17) is 5.73 Å². The first-order chi connectivity index (χ1) is 8.84. The largest absolute Gasteiger partial charge is 0.382 e. The smallest absolute Gasteiger partial charge is 0.142 e. The fraction of sp³-hybridized carbons (Fsp3) is 0. The molecule has 3 aromatic rings. The Balaban J connectivity index is 2.21. The van der Waals surface area contributed by atoms with Crippen LogP contribution in [-0.4, -0.2) is 19.9 Å². The van der Waals surface area contributed by atoms with Gasteiger partial charge in [0.05, 0.1) is 16.8 Å². The molecule has 0 bridgehead atoms. The topological polar surface area (TPSA) is 77.6 Å². The molecule has 0 atom stereocenters. The number of hydrogen-bond acceptors (Lipinski definition) is 6. The predicted molar refractivity (Wildman–Crippen MR) is 70.8 cm³/mol. The van der Waals surface area contributed by atoms with Crippen molar-refractivity contribution < 1.29 is 0 Å². The standard InChI is InChI=1S/C12H9N5S/c13-10-6-15-11(8-3-4-14-7-16-8)12(17-10)9-2-1-5-18-9/h1-7H,(H2,13,17). The molecule has 0 unspecified atom stereocenters. The summed E-state index contributed by atoms with van der Waals surface area (Å²) in [6, 6.07) is 5.75. The van der Waals surface area contributed by atoms with Crippen LogP contribution in [0.15, 0.2) is 42.3 Å². The van der Waals surface area contributed by atoms with Gasteiger partial charge < -0.3 is 5.73 Å². The summed E-state index contributed by atoms with van der Waals surface area (Å²) in [4.78, 5) is 17.8. The lowest BCUT2D eigenvalue weighted by Gasteiger charge is -2.05. The highest BCUT2D eigenvalue weighted by Crippen LogP contribution is 2.30. The molecule has 0 aliphatic heterocycles. The molecule has 88 valence electrons. The van der Waals surface area contributed by atoms with Crippen LogP contribution in [0.3, 0.4) is 0 Å². The number of rotatable bonds is 2. The fourth-order valence-corrected chi connectivity index (χ4v) is 2.32. The minimum absolute atomic E-state index is 0.399. The summed E-state index contributed by atoms with van der Waals surface area (Å²) in [5.74, 6) is 0.399. The molecular formula is C12H9N5S. The molecule has 3 heterocycles. The molecule has 18 heavy (non-hydrogen) atoms. The minimum Gasteiger partial charge on any atom is -0.382 e. The Morgan fingerprint density at radius 2 is 2.06 bits per heavy atom. The van der Waals surface area contributed by atoms with E-state index in [2.05, 4.69) is 19.9 Å². The molecule has 3 rings (SSSR count). The maximum atomic E-state index is 5.71. The Labute approximate surface area is 107 Å². The van der Waals surface area contributed by atoms with E-state index in [9.17, 15) is 0 Å². The normalized spacial score (nSPS) is 10.4. The van der Waals surface area contributed by atoms with E-state index < -0.39 is 0 Å². The molecule has 0 saturated heterocycles. The van der Waals surface area contributed by atoms with Crippen LogP contribution >= 0.6 is 11.3 Å². The Hall–Kier alpha value is -2.34. The third kappa shape index (κ3) is 1.93. The number of hydrogen-bond donors (Lipinski definition) is 1. The Morgan fingerprint density at radius 1 is 1.11 bits per heavy atom. The molecular weight excluding hydrogens is 246 g/mol. The van der Waals surface area contributed by atoms with E-state index >= 15 is 0 Å². The number of nitrogens with two attached hydrogens (primary N) is 1. The molecule has 0 saturated carbocycles. The van der Waals surface area contributed by atoms with Gasteiger partial charge in [0.2, 0.25) is 0 Å². The van der Waals surface area contributed by atoms with Crippen molar-refractivity contribution in [1.82, 2.24) is 19.9 Å². The highest BCUT2D eigenvalue weighted by Gasteiger charge is 2.12. The number of nitrogens with zero attached hydrogens (tertiary/aromatic N) is 4. The molecule has 0 aromatic carbocycles. The fourth-order valence-electron chi connectivity index (χ4n) is 1.61. The van der Waals surface area contributed by atoms with Crippen molar-refractivity contribution in [3.8, 4) is 22.0 Å². The zero-order chi connectivity index (χ0) is 12.4. The molecule has 0 spiro atoms. The van der Waals surface area contributed by atoms with Crippen LogP contribution < -0.4 is 5.73 Å². The molecule has 0 fully saturated rings. The molecule has 6 heteroatoms. The van der Waals surface area contributed by atoms with Crippen LogP contribution in [0.5, 0.6) is 0 Å². The van der Waals surface area contributed by atoms with Crippen LogP contribution in [-0.2, 0) is 0 Å². The second kappa shape index (κ2) is 4.50. The van der Waals surface area contributed by atoms with Gasteiger partial charge in [-0.15, -0.1) is 11.3 Å². The van der Waals surface area contributed by atoms with E-state index in [1.165, 1.54) is 12.5 Å². The lowest BCUT2D eigenvalue weighted by molar-refractivity contribution is 1.14. The third-order valence-electron chi connectivity index (χ3n) is 2.37. The summed E-state index contributed by atoms with van der Waals surface area (Å²) in [5.41, 5.74) is 7.92. The second-order valence-corrected chi connectivity index (χ2v) is 4.51. The predicted octanol–water partition coefficient (Wildman–Crippen LogP) is 2.24. The summed E-state index contributed by atoms with van der Waals surface area (Å²) in [6.45, 7) is 0. The second-order valence-electron chi connectivity index (χ2n) is 3.56. The lowest BCUT2D eigenvalue weighted by Crippen LogP contribution is -1.98. The van der Waals surface area contributed by atoms with Gasteiger partial charge in [-0.3, -0.25) is 0 Å². The van der Waals surface area contributed by atoms with E-state index in [-0.39, 0.29) is 0 Å². The molecule has 0 aliphatic carbocycles. The quantitative estimate of drug-likeness (QED) is 0.759. The van der Waals surface area contributed by atoms with Crippen molar-refractivity contribution in [2.45, 2.75) is 0 Å². The van der Waals surface area contributed by atoms with Gasteiger partial charge in [-0.1, -0.05) is 6.07 Å². The Morgan fingerprint density at radius 3 is 2.78 bits per heavy atom. The summed E-state index contributed by atoms with van der Waals surface area (Å²) >= 11 is 1.59. The first kappa shape index (κ1) is 10.8. The van der Waals surface area contributed by atoms with Gasteiger partial charge in [0.1, 0.15) is 23.5 Å². The Bertz CT molecular complexity index is 651. The average molecular weight is 255 g/mol. The highest BCUT2D eigenvalue weighted by atomic mass is 32.1. The van der Waals surface area contributed by atoms with Gasteiger partial charge in [0.15, 0.2) is 0 Å². The Kier molecular flexibility index (Phi) is 2.70. The zero-order valence-corrected chi connectivity index (χ0v) is 10.1. The number of anilines is 1. The molecule has 0 amide bonds. The summed E-state index contributed by atoms with van der Waals surface area (Å²) < 4.78 is 0. The zero-order valence-electron chi connectivity index (χ0n) is 9.32. The van der Waals surface area contributed by atoms with Gasteiger partial charge in [0.25, 0.3) is 0 Å². The van der Waals surface area contributed by atoms with Crippen molar-refractivity contribution in [1.29, 1.82) is 0 Å².